The molecule has 2 aliphatic rings. The van der Waals surface area contributed by atoms with Crippen molar-refractivity contribution in [2.45, 2.75) is 26.2 Å². The second-order valence-corrected chi connectivity index (χ2v) is 30.5. The van der Waals surface area contributed by atoms with Gasteiger partial charge in [0.25, 0.3) is 0 Å². The SMILES string of the molecule is C[Si]1(C)c2ccccc2N(c2ccc(-c3ccc(N4c5ccccc5[Si](C)(C)c5ccccc54)cc3-c3cc(-c4ccccc4)nc(-c4ccccc4)n3)c(-c3cc(-c4ccccc4)nc(-c4ccccc4)n3)c2)c2ccccc21. The summed E-state index contributed by atoms with van der Waals surface area (Å²) in [6.45, 7) is 9.90. The lowest BCUT2D eigenvalue weighted by molar-refractivity contribution is 1.18. The van der Waals surface area contributed by atoms with Crippen molar-refractivity contribution >= 4 is 71.0 Å². The summed E-state index contributed by atoms with van der Waals surface area (Å²) in [4.78, 5) is 26.7. The molecule has 0 aliphatic carbocycles. The molecular weight excluding hydrogens is 1010 g/mol. The normalized spacial score (nSPS) is 13.7. The van der Waals surface area contributed by atoms with Crippen molar-refractivity contribution in [1.29, 1.82) is 0 Å². The monoisotopic (exact) mass is 1060 g/mol. The molecule has 14 rings (SSSR count). The van der Waals surface area contributed by atoms with Crippen LogP contribution in [0.25, 0.3) is 78.9 Å². The highest BCUT2D eigenvalue weighted by molar-refractivity contribution is 7.03. The Bertz CT molecular complexity index is 3830. The Kier molecular flexibility index (Phi) is 12.0. The van der Waals surface area contributed by atoms with Crippen LogP contribution in [0.1, 0.15) is 0 Å². The smallest absolute Gasteiger partial charge is 0.160 e. The Morgan fingerprint density at radius 2 is 0.525 bits per heavy atom. The highest BCUT2D eigenvalue weighted by Crippen LogP contribution is 2.48. The van der Waals surface area contributed by atoms with Gasteiger partial charge in [0.05, 0.1) is 22.8 Å². The minimum Gasteiger partial charge on any atom is -0.311 e. The minimum absolute atomic E-state index is 0.653. The van der Waals surface area contributed by atoms with Crippen molar-refractivity contribution in [3.63, 3.8) is 0 Å². The molecule has 382 valence electrons. The van der Waals surface area contributed by atoms with E-state index >= 15 is 0 Å². The molecule has 2 aliphatic heterocycles. The van der Waals surface area contributed by atoms with Crippen LogP contribution in [0.3, 0.4) is 0 Å². The molecule has 2 aromatic heterocycles. The molecule has 8 heteroatoms. The third-order valence-electron chi connectivity index (χ3n) is 16.3. The maximum atomic E-state index is 5.60. The number of aromatic nitrogens is 4. The summed E-state index contributed by atoms with van der Waals surface area (Å²) in [7, 11) is -4.18. The van der Waals surface area contributed by atoms with Crippen LogP contribution in [0.2, 0.25) is 26.2 Å². The van der Waals surface area contributed by atoms with Crippen LogP contribution >= 0.6 is 0 Å². The first-order chi connectivity index (χ1) is 39.2. The lowest BCUT2D eigenvalue weighted by Crippen LogP contribution is -2.58. The zero-order valence-corrected chi connectivity index (χ0v) is 47.1. The van der Waals surface area contributed by atoms with Crippen LogP contribution in [-0.4, -0.2) is 36.1 Å². The van der Waals surface area contributed by atoms with Gasteiger partial charge in [-0.25, -0.2) is 19.9 Å². The number of fused-ring (bicyclic) bond motifs is 4. The van der Waals surface area contributed by atoms with E-state index in [0.717, 1.165) is 78.7 Å². The van der Waals surface area contributed by atoms with Gasteiger partial charge in [-0.1, -0.05) is 232 Å². The molecule has 6 nitrogen and oxygen atoms in total. The molecule has 0 saturated carbocycles. The lowest BCUT2D eigenvalue weighted by atomic mass is 9.90. The van der Waals surface area contributed by atoms with E-state index in [0.29, 0.717) is 11.6 Å². The van der Waals surface area contributed by atoms with Gasteiger partial charge >= 0.3 is 0 Å². The Balaban J connectivity index is 1.08. The number of anilines is 6. The zero-order chi connectivity index (χ0) is 54.0. The molecule has 0 saturated heterocycles. The van der Waals surface area contributed by atoms with Crippen molar-refractivity contribution in [2.75, 3.05) is 9.80 Å². The molecule has 12 aromatic rings. The van der Waals surface area contributed by atoms with Crippen molar-refractivity contribution in [3.8, 4) is 78.9 Å². The van der Waals surface area contributed by atoms with Gasteiger partial charge in [-0.2, -0.15) is 0 Å². The highest BCUT2D eigenvalue weighted by atomic mass is 28.3. The summed E-state index contributed by atoms with van der Waals surface area (Å²) < 4.78 is 0. The molecule has 0 unspecified atom stereocenters. The van der Waals surface area contributed by atoms with Crippen molar-refractivity contribution in [2.24, 2.45) is 0 Å². The number of nitrogens with zero attached hydrogens (tertiary/aromatic N) is 6. The average Bonchev–Trinajstić information content (AvgIpc) is 3.31. The fourth-order valence-electron chi connectivity index (χ4n) is 12.2. The quantitative estimate of drug-likeness (QED) is 0.134. The molecule has 0 bridgehead atoms. The molecule has 0 fully saturated rings. The van der Waals surface area contributed by atoms with E-state index in [9.17, 15) is 0 Å². The fraction of sp³-hybridized carbons (Fsp3) is 0.0556. The second kappa shape index (κ2) is 19.7. The van der Waals surface area contributed by atoms with Crippen molar-refractivity contribution in [1.82, 2.24) is 19.9 Å². The predicted octanol–water partition coefficient (Wildman–Crippen LogP) is 16.1. The van der Waals surface area contributed by atoms with Gasteiger partial charge in [0.15, 0.2) is 11.6 Å². The first-order valence-corrected chi connectivity index (χ1v) is 33.5. The Labute approximate surface area is 470 Å². The molecule has 10 aromatic carbocycles. The topological polar surface area (TPSA) is 58.0 Å². The average molecular weight is 1060 g/mol. The molecule has 0 N–H and O–H groups in total. The Morgan fingerprint density at radius 3 is 0.850 bits per heavy atom. The molecule has 0 radical (unpaired) electrons. The molecule has 4 heterocycles. The summed E-state index contributed by atoms with van der Waals surface area (Å²) >= 11 is 0. The van der Waals surface area contributed by atoms with Gasteiger partial charge < -0.3 is 9.80 Å². The third kappa shape index (κ3) is 8.39. The molecular formula is C72H56N6Si2. The summed E-state index contributed by atoms with van der Waals surface area (Å²) in [5, 5.41) is 5.62. The van der Waals surface area contributed by atoms with E-state index in [1.807, 2.05) is 12.1 Å². The number of rotatable bonds is 9. The maximum Gasteiger partial charge on any atom is 0.160 e. The highest BCUT2D eigenvalue weighted by Gasteiger charge is 2.40. The molecule has 0 spiro atoms. The van der Waals surface area contributed by atoms with Gasteiger partial charge in [-0.15, -0.1) is 0 Å². The maximum absolute atomic E-state index is 5.60. The number of para-hydroxylation sites is 4. The van der Waals surface area contributed by atoms with Crippen LogP contribution < -0.4 is 30.5 Å². The van der Waals surface area contributed by atoms with E-state index in [2.05, 4.69) is 291 Å². The van der Waals surface area contributed by atoms with E-state index in [1.165, 1.54) is 43.5 Å². The van der Waals surface area contributed by atoms with E-state index < -0.39 is 16.1 Å². The summed E-state index contributed by atoms with van der Waals surface area (Å²) in [6.07, 6.45) is 0. The van der Waals surface area contributed by atoms with Gasteiger partial charge in [-0.3, -0.25) is 0 Å². The van der Waals surface area contributed by atoms with Gasteiger partial charge in [0.1, 0.15) is 16.1 Å². The van der Waals surface area contributed by atoms with E-state index in [-0.39, 0.29) is 0 Å². The molecule has 0 atom stereocenters. The van der Waals surface area contributed by atoms with Crippen LogP contribution in [-0.2, 0) is 0 Å². The molecule has 80 heavy (non-hydrogen) atoms. The number of benzene rings is 10. The summed E-state index contributed by atoms with van der Waals surface area (Å²) in [5.74, 6) is 1.31. The standard InChI is InChI=1S/C72H56N6Si2/c1-79(2)67-37-21-17-33-63(67)77(64-34-18-22-38-68(64)79)53-41-43-55(57(45-53)61-47-59(49-25-9-5-10-26-49)73-71(75-61)51-29-13-7-14-30-51)56-44-42-54(78-65-35-19-23-39-69(65)80(3,4)70-40-24-20-36-66(70)78)46-58(56)62-48-60(50-27-11-6-12-28-50)74-72(76-62)52-31-15-8-16-32-52/h5-48H,1-4H3. The summed E-state index contributed by atoms with van der Waals surface area (Å²) in [5.41, 5.74) is 18.1. The second-order valence-electron chi connectivity index (χ2n) is 21.8. The van der Waals surface area contributed by atoms with Crippen LogP contribution in [0.5, 0.6) is 0 Å². The first-order valence-electron chi connectivity index (χ1n) is 27.5. The van der Waals surface area contributed by atoms with Gasteiger partial charge in [0, 0.05) is 67.5 Å². The summed E-state index contributed by atoms with van der Waals surface area (Å²) in [6, 6.07) is 95.9. The van der Waals surface area contributed by atoms with E-state index in [1.54, 1.807) is 0 Å². The van der Waals surface area contributed by atoms with Crippen molar-refractivity contribution < 1.29 is 0 Å². The molecule has 0 amide bonds. The van der Waals surface area contributed by atoms with Gasteiger partial charge in [0.2, 0.25) is 0 Å². The largest absolute Gasteiger partial charge is 0.311 e. The van der Waals surface area contributed by atoms with Crippen LogP contribution in [0.4, 0.5) is 34.1 Å². The number of hydrogen-bond acceptors (Lipinski definition) is 6. The Morgan fingerprint density at radius 1 is 0.250 bits per heavy atom. The minimum atomic E-state index is -2.09. The zero-order valence-electron chi connectivity index (χ0n) is 45.1. The predicted molar refractivity (Wildman–Crippen MR) is 339 cm³/mol. The van der Waals surface area contributed by atoms with Crippen LogP contribution in [0, 0.1) is 0 Å². The fourth-order valence-corrected chi connectivity index (χ4v) is 18.2. The lowest BCUT2D eigenvalue weighted by Gasteiger charge is -2.41. The third-order valence-corrected chi connectivity index (χ3v) is 23.4. The first kappa shape index (κ1) is 48.7. The van der Waals surface area contributed by atoms with Crippen molar-refractivity contribution in [3.05, 3.63) is 267 Å². The number of hydrogen-bond donors (Lipinski definition) is 0. The van der Waals surface area contributed by atoms with E-state index in [4.69, 9.17) is 19.9 Å². The Hall–Kier alpha value is -9.61. The van der Waals surface area contributed by atoms with Gasteiger partial charge in [-0.05, 0) is 92.5 Å². The van der Waals surface area contributed by atoms with Crippen LogP contribution in [0.15, 0.2) is 267 Å².